The first-order chi connectivity index (χ1) is 23.4. The van der Waals surface area contributed by atoms with Crippen LogP contribution in [0.2, 0.25) is 0 Å². The van der Waals surface area contributed by atoms with Crippen LogP contribution >= 0.6 is 0 Å². The molecule has 2 unspecified atom stereocenters. The van der Waals surface area contributed by atoms with Gasteiger partial charge < -0.3 is 0 Å². The lowest BCUT2D eigenvalue weighted by atomic mass is 9.58. The minimum Gasteiger partial charge on any atom is -0.0911 e. The standard InChI is InChI=1S/C48H26/c1-19-7-11-25-29-15-16-31-27-13-9-21(3)35-24(6)36-22(4)10-14-28-32-18-17-30-26-12-8-20(2)34-23(5)33(19)37(25)45(38(26)34)47-41(29)43(31)48(44(32)42(30)47)46(39(27)35)40(28)36/h7-18,41,43H,1-6H2. The first kappa shape index (κ1) is 24.2. The van der Waals surface area contributed by atoms with E-state index in [2.05, 4.69) is 99.1 Å². The molecule has 0 saturated carbocycles. The Balaban J connectivity index is 1.53. The Hall–Kier alpha value is -5.98. The molecule has 218 valence electrons. The maximum Gasteiger partial charge on any atom is 0.0218 e. The minimum absolute atomic E-state index is 0.190. The van der Waals surface area contributed by atoms with E-state index < -0.39 is 0 Å². The molecule has 13 rings (SSSR count). The van der Waals surface area contributed by atoms with Gasteiger partial charge in [0.25, 0.3) is 0 Å². The van der Waals surface area contributed by atoms with Crippen LogP contribution < -0.4 is 41.7 Å². The number of hydrogen-bond donors (Lipinski definition) is 0. The van der Waals surface area contributed by atoms with Gasteiger partial charge in [0, 0.05) is 11.8 Å². The van der Waals surface area contributed by atoms with Crippen LogP contribution in [0.4, 0.5) is 0 Å². The van der Waals surface area contributed by atoms with Gasteiger partial charge in [0.15, 0.2) is 0 Å². The Morgan fingerprint density at radius 1 is 0.312 bits per heavy atom. The summed E-state index contributed by atoms with van der Waals surface area (Å²) < 4.78 is 0. The first-order valence-corrected chi connectivity index (χ1v) is 16.8. The van der Waals surface area contributed by atoms with Gasteiger partial charge in [0.05, 0.1) is 0 Å². The molecular formula is C48H26. The molecule has 0 amide bonds. The lowest BCUT2D eigenvalue weighted by molar-refractivity contribution is 0.773. The van der Waals surface area contributed by atoms with Crippen LogP contribution in [-0.2, 0) is 0 Å². The Bertz CT molecular complexity index is 3530. The number of rotatable bonds is 0. The van der Waals surface area contributed by atoms with Crippen molar-refractivity contribution in [3.8, 4) is 0 Å². The summed E-state index contributed by atoms with van der Waals surface area (Å²) in [6.07, 6.45) is 4.87. The Kier molecular flexibility index (Phi) is 3.60. The smallest absolute Gasteiger partial charge is 0.0218 e. The zero-order chi connectivity index (χ0) is 31.8. The SMILES string of the molecule is C=c1ccc2c3c1c(=C)c1c(=C)ccc4c5ccc6c7ccc(=C)c8c(=C)c9c(=C)ccc%10c9c(c9c6c5c(c3c14)C1C=2C=CC=%10C91)c87. The summed E-state index contributed by atoms with van der Waals surface area (Å²) >= 11 is 0. The largest absolute Gasteiger partial charge is 0.0911 e. The maximum atomic E-state index is 4.73. The summed E-state index contributed by atoms with van der Waals surface area (Å²) in [7, 11) is 0. The third kappa shape index (κ3) is 2.16. The Morgan fingerprint density at radius 3 is 1.06 bits per heavy atom. The van der Waals surface area contributed by atoms with Gasteiger partial charge in [-0.15, -0.1) is 0 Å². The predicted octanol–water partition coefficient (Wildman–Crippen LogP) is 5.89. The third-order valence-corrected chi connectivity index (χ3v) is 12.9. The van der Waals surface area contributed by atoms with Crippen molar-refractivity contribution in [2.75, 3.05) is 0 Å². The summed E-state index contributed by atoms with van der Waals surface area (Å²) in [4.78, 5) is 0. The van der Waals surface area contributed by atoms with E-state index in [1.54, 1.807) is 0 Å². The van der Waals surface area contributed by atoms with E-state index in [4.69, 9.17) is 13.2 Å². The molecule has 9 aromatic carbocycles. The number of hydrogen-bond acceptors (Lipinski definition) is 0. The fraction of sp³-hybridized carbons (Fsp3) is 0.0417. The summed E-state index contributed by atoms with van der Waals surface area (Å²) in [5.41, 5.74) is 5.78. The zero-order valence-corrected chi connectivity index (χ0v) is 26.3. The number of fused-ring (bicyclic) bond motifs is 2. The van der Waals surface area contributed by atoms with Gasteiger partial charge in [-0.05, 0) is 150 Å². The van der Waals surface area contributed by atoms with E-state index in [0.29, 0.717) is 0 Å². The minimum atomic E-state index is 0.190. The Labute approximate surface area is 273 Å². The van der Waals surface area contributed by atoms with Crippen molar-refractivity contribution in [2.45, 2.75) is 11.8 Å². The van der Waals surface area contributed by atoms with E-state index in [0.717, 1.165) is 31.3 Å². The van der Waals surface area contributed by atoms with Crippen LogP contribution in [0.3, 0.4) is 0 Å². The fourth-order valence-corrected chi connectivity index (χ4v) is 11.4. The Morgan fingerprint density at radius 2 is 0.646 bits per heavy atom. The topological polar surface area (TPSA) is 0 Å². The van der Waals surface area contributed by atoms with Crippen LogP contribution in [0.1, 0.15) is 23.0 Å². The molecule has 0 N–H and O–H groups in total. The highest BCUT2D eigenvalue weighted by Crippen LogP contribution is 2.62. The highest BCUT2D eigenvalue weighted by molar-refractivity contribution is 6.40. The highest BCUT2D eigenvalue weighted by atomic mass is 14.5. The molecule has 2 atom stereocenters. The monoisotopic (exact) mass is 602 g/mol. The van der Waals surface area contributed by atoms with Gasteiger partial charge in [-0.3, -0.25) is 0 Å². The van der Waals surface area contributed by atoms with Crippen molar-refractivity contribution in [2.24, 2.45) is 0 Å². The summed E-state index contributed by atoms with van der Waals surface area (Å²) in [6.45, 7) is 27.7. The molecule has 0 heterocycles. The third-order valence-electron chi connectivity index (χ3n) is 12.9. The molecule has 0 radical (unpaired) electrons. The van der Waals surface area contributed by atoms with E-state index in [9.17, 15) is 0 Å². The predicted molar refractivity (Wildman–Crippen MR) is 209 cm³/mol. The van der Waals surface area contributed by atoms with Crippen molar-refractivity contribution in [1.82, 2.24) is 0 Å². The maximum absolute atomic E-state index is 4.73. The molecule has 0 spiro atoms. The molecule has 0 fully saturated rings. The van der Waals surface area contributed by atoms with Gasteiger partial charge in [0.2, 0.25) is 0 Å². The van der Waals surface area contributed by atoms with Gasteiger partial charge in [-0.25, -0.2) is 0 Å². The first-order valence-electron chi connectivity index (χ1n) is 16.8. The van der Waals surface area contributed by atoms with Gasteiger partial charge in [-0.1, -0.05) is 112 Å². The second-order valence-corrected chi connectivity index (χ2v) is 14.7. The second kappa shape index (κ2) is 7.13. The average molecular weight is 603 g/mol. The molecule has 9 aromatic rings. The lowest BCUT2D eigenvalue weighted by Gasteiger charge is -2.44. The van der Waals surface area contributed by atoms with Crippen molar-refractivity contribution >= 4 is 137 Å². The second-order valence-electron chi connectivity index (χ2n) is 14.7. The van der Waals surface area contributed by atoms with E-state index in [1.807, 2.05) is 0 Å². The van der Waals surface area contributed by atoms with Gasteiger partial charge in [-0.2, -0.15) is 0 Å². The van der Waals surface area contributed by atoms with E-state index in [-0.39, 0.29) is 11.8 Å². The van der Waals surface area contributed by atoms with Crippen molar-refractivity contribution in [3.63, 3.8) is 0 Å². The molecular weight excluding hydrogens is 577 g/mol. The van der Waals surface area contributed by atoms with Gasteiger partial charge in [0.1, 0.15) is 0 Å². The fourth-order valence-electron chi connectivity index (χ4n) is 11.4. The van der Waals surface area contributed by atoms with Crippen LogP contribution in [0.15, 0.2) is 72.8 Å². The van der Waals surface area contributed by atoms with Crippen molar-refractivity contribution in [1.29, 1.82) is 0 Å². The van der Waals surface area contributed by atoms with Crippen LogP contribution in [0, 0.1) is 0 Å². The molecule has 4 aliphatic rings. The van der Waals surface area contributed by atoms with Crippen LogP contribution in [0.5, 0.6) is 0 Å². The number of allylic oxidation sites excluding steroid dienone is 2. The lowest BCUT2D eigenvalue weighted by Crippen LogP contribution is -2.35. The molecule has 0 nitrogen and oxygen atoms in total. The summed E-state index contributed by atoms with van der Waals surface area (Å²) in [5, 5.41) is 29.7. The molecule has 0 bridgehead atoms. The van der Waals surface area contributed by atoms with E-state index >= 15 is 0 Å². The molecule has 4 aliphatic carbocycles. The zero-order valence-electron chi connectivity index (χ0n) is 26.3. The quantitative estimate of drug-likeness (QED) is 0.150. The molecule has 0 heteroatoms. The van der Waals surface area contributed by atoms with E-state index in [1.165, 1.54) is 119 Å². The molecule has 0 aliphatic heterocycles. The summed E-state index contributed by atoms with van der Waals surface area (Å²) in [6, 6.07) is 22.9. The van der Waals surface area contributed by atoms with Crippen molar-refractivity contribution < 1.29 is 0 Å². The number of benzene rings is 9. The normalized spacial score (nSPS) is 18.3. The average Bonchev–Trinajstić information content (AvgIpc) is 3.08. The van der Waals surface area contributed by atoms with Gasteiger partial charge >= 0.3 is 0 Å². The molecule has 0 aromatic heterocycles. The molecule has 48 heavy (non-hydrogen) atoms. The van der Waals surface area contributed by atoms with Crippen LogP contribution in [-0.4, -0.2) is 0 Å². The highest BCUT2D eigenvalue weighted by Gasteiger charge is 2.45. The van der Waals surface area contributed by atoms with Crippen molar-refractivity contribution in [3.05, 3.63) is 126 Å². The van der Waals surface area contributed by atoms with Crippen LogP contribution in [0.25, 0.3) is 137 Å². The molecule has 0 saturated heterocycles. The summed E-state index contributed by atoms with van der Waals surface area (Å²) in [5.74, 6) is 0.380.